The number of benzene rings is 2. The summed E-state index contributed by atoms with van der Waals surface area (Å²) in [5.41, 5.74) is 0.869. The molecular weight excluding hydrogens is 315 g/mol. The third-order valence-corrected chi connectivity index (χ3v) is 3.08. The first-order chi connectivity index (χ1) is 9.97. The van der Waals surface area contributed by atoms with Gasteiger partial charge < -0.3 is 4.74 Å². The van der Waals surface area contributed by atoms with Crippen LogP contribution in [0.25, 0.3) is 0 Å². The second-order valence-corrected chi connectivity index (χ2v) is 4.73. The molecule has 0 amide bonds. The molecule has 0 saturated heterocycles. The van der Waals surface area contributed by atoms with E-state index in [1.807, 2.05) is 0 Å². The molecule has 0 spiro atoms. The third-order valence-electron chi connectivity index (χ3n) is 2.64. The van der Waals surface area contributed by atoms with Gasteiger partial charge in [-0.25, -0.2) is 4.79 Å². The molecule has 0 radical (unpaired) electrons. The van der Waals surface area contributed by atoms with Crippen LogP contribution in [0.4, 0.5) is 0 Å². The van der Waals surface area contributed by atoms with Crippen molar-refractivity contribution >= 4 is 39.7 Å². The predicted octanol–water partition coefficient (Wildman–Crippen LogP) is 3.66. The lowest BCUT2D eigenvalue weighted by Crippen LogP contribution is -2.08. The molecule has 2 aromatic rings. The molecule has 0 aromatic heterocycles. The summed E-state index contributed by atoms with van der Waals surface area (Å²) in [5, 5.41) is -1.19. The van der Waals surface area contributed by atoms with Crippen LogP contribution in [0, 0.1) is 0 Å². The molecule has 4 nitrogen and oxygen atoms in total. The minimum absolute atomic E-state index is 0.272. The molecule has 0 heterocycles. The zero-order chi connectivity index (χ0) is 15.4. The SMILES string of the molecule is O=C(Cl)c1ccc(OC(=O)c2ccc(C(=O)Cl)cc2)cc1. The maximum absolute atomic E-state index is 11.9. The van der Waals surface area contributed by atoms with E-state index < -0.39 is 16.5 Å². The molecule has 0 atom stereocenters. The Hall–Kier alpha value is -2.17. The maximum atomic E-state index is 11.9. The van der Waals surface area contributed by atoms with Crippen molar-refractivity contribution in [3.63, 3.8) is 0 Å². The molecule has 0 aliphatic carbocycles. The fourth-order valence-electron chi connectivity index (χ4n) is 1.56. The van der Waals surface area contributed by atoms with Gasteiger partial charge >= 0.3 is 5.97 Å². The Morgan fingerprint density at radius 2 is 1.05 bits per heavy atom. The van der Waals surface area contributed by atoms with Gasteiger partial charge in [-0.3, -0.25) is 9.59 Å². The first-order valence-corrected chi connectivity index (χ1v) is 6.55. The largest absolute Gasteiger partial charge is 0.423 e. The Kier molecular flexibility index (Phi) is 4.73. The van der Waals surface area contributed by atoms with Crippen LogP contribution in [0.1, 0.15) is 31.1 Å². The van der Waals surface area contributed by atoms with Crippen LogP contribution in [0.15, 0.2) is 48.5 Å². The van der Waals surface area contributed by atoms with Gasteiger partial charge in [0.2, 0.25) is 0 Å². The number of hydrogen-bond acceptors (Lipinski definition) is 4. The molecular formula is C15H8Cl2O4. The van der Waals surface area contributed by atoms with Crippen LogP contribution in [0.2, 0.25) is 0 Å². The van der Waals surface area contributed by atoms with Crippen LogP contribution in [-0.4, -0.2) is 16.5 Å². The van der Waals surface area contributed by atoms with Gasteiger partial charge in [0.25, 0.3) is 10.5 Å². The number of rotatable bonds is 4. The minimum Gasteiger partial charge on any atom is -0.423 e. The molecule has 21 heavy (non-hydrogen) atoms. The normalized spacial score (nSPS) is 10.0. The smallest absolute Gasteiger partial charge is 0.343 e. The van der Waals surface area contributed by atoms with E-state index in [0.717, 1.165) is 0 Å². The summed E-state index contributed by atoms with van der Waals surface area (Å²) in [4.78, 5) is 33.7. The molecule has 0 aliphatic rings. The molecule has 6 heteroatoms. The first kappa shape index (κ1) is 15.2. The van der Waals surface area contributed by atoms with Crippen LogP contribution in [0.3, 0.4) is 0 Å². The highest BCUT2D eigenvalue weighted by Crippen LogP contribution is 2.16. The summed E-state index contributed by atoms with van der Waals surface area (Å²) < 4.78 is 5.12. The Bertz CT molecular complexity index is 691. The van der Waals surface area contributed by atoms with E-state index in [4.69, 9.17) is 27.9 Å². The second kappa shape index (κ2) is 6.52. The maximum Gasteiger partial charge on any atom is 0.343 e. The number of carbonyl (C=O) groups is 3. The van der Waals surface area contributed by atoms with Gasteiger partial charge in [-0.1, -0.05) is 0 Å². The van der Waals surface area contributed by atoms with E-state index in [1.54, 1.807) is 0 Å². The number of carbonyl (C=O) groups excluding carboxylic acids is 3. The number of ether oxygens (including phenoxy) is 1. The monoisotopic (exact) mass is 322 g/mol. The standard InChI is InChI=1S/C15H8Cl2O4/c16-13(18)9-1-3-11(4-2-9)15(20)21-12-7-5-10(6-8-12)14(17)19/h1-8H. The lowest BCUT2D eigenvalue weighted by molar-refractivity contribution is 0.0734. The summed E-state index contributed by atoms with van der Waals surface area (Å²) in [6, 6.07) is 11.6. The fourth-order valence-corrected chi connectivity index (χ4v) is 1.81. The number of halogens is 2. The minimum atomic E-state index is -0.601. The molecule has 2 aromatic carbocycles. The number of hydrogen-bond donors (Lipinski definition) is 0. The van der Waals surface area contributed by atoms with Crippen molar-refractivity contribution in [3.05, 3.63) is 65.2 Å². The van der Waals surface area contributed by atoms with Crippen molar-refractivity contribution in [3.8, 4) is 5.75 Å². The van der Waals surface area contributed by atoms with Crippen molar-refractivity contribution in [1.82, 2.24) is 0 Å². The zero-order valence-corrected chi connectivity index (χ0v) is 12.0. The number of esters is 1. The second-order valence-electron chi connectivity index (χ2n) is 4.04. The first-order valence-electron chi connectivity index (χ1n) is 5.79. The molecule has 0 aliphatic heterocycles. The highest BCUT2D eigenvalue weighted by molar-refractivity contribution is 6.68. The molecule has 0 N–H and O–H groups in total. The van der Waals surface area contributed by atoms with E-state index in [1.165, 1.54) is 48.5 Å². The molecule has 0 bridgehead atoms. The lowest BCUT2D eigenvalue weighted by atomic mass is 10.1. The van der Waals surface area contributed by atoms with Gasteiger partial charge in [-0.15, -0.1) is 0 Å². The Morgan fingerprint density at radius 3 is 1.48 bits per heavy atom. The Labute approximate surface area is 130 Å². The molecule has 106 valence electrons. The molecule has 2 rings (SSSR count). The fraction of sp³-hybridized carbons (Fsp3) is 0. The summed E-state index contributed by atoms with van der Waals surface area (Å²) in [7, 11) is 0. The van der Waals surface area contributed by atoms with Crippen LogP contribution in [-0.2, 0) is 0 Å². The highest BCUT2D eigenvalue weighted by atomic mass is 35.5. The highest BCUT2D eigenvalue weighted by Gasteiger charge is 2.10. The Morgan fingerprint density at radius 1 is 0.667 bits per heavy atom. The van der Waals surface area contributed by atoms with Gasteiger partial charge in [0.15, 0.2) is 0 Å². The average molecular weight is 323 g/mol. The predicted molar refractivity (Wildman–Crippen MR) is 78.2 cm³/mol. The van der Waals surface area contributed by atoms with Crippen molar-refractivity contribution in [2.24, 2.45) is 0 Å². The topological polar surface area (TPSA) is 60.4 Å². The van der Waals surface area contributed by atoms with Gasteiger partial charge in [-0.2, -0.15) is 0 Å². The van der Waals surface area contributed by atoms with Crippen molar-refractivity contribution < 1.29 is 19.1 Å². The lowest BCUT2D eigenvalue weighted by Gasteiger charge is -2.05. The summed E-state index contributed by atoms with van der Waals surface area (Å²) in [6.45, 7) is 0. The van der Waals surface area contributed by atoms with E-state index in [9.17, 15) is 14.4 Å². The molecule has 0 fully saturated rings. The van der Waals surface area contributed by atoms with Crippen molar-refractivity contribution in [2.75, 3.05) is 0 Å². The van der Waals surface area contributed by atoms with Gasteiger partial charge in [-0.05, 0) is 71.7 Å². The molecule has 0 saturated carbocycles. The van der Waals surface area contributed by atoms with Crippen molar-refractivity contribution in [1.29, 1.82) is 0 Å². The summed E-state index contributed by atoms with van der Waals surface area (Å²) in [6.07, 6.45) is 0. The van der Waals surface area contributed by atoms with Crippen LogP contribution < -0.4 is 4.74 Å². The average Bonchev–Trinajstić information content (AvgIpc) is 2.47. The van der Waals surface area contributed by atoms with E-state index in [-0.39, 0.29) is 16.9 Å². The quantitative estimate of drug-likeness (QED) is 0.489. The summed E-state index contributed by atoms with van der Waals surface area (Å²) >= 11 is 10.6. The van der Waals surface area contributed by atoms with E-state index in [2.05, 4.69) is 0 Å². The van der Waals surface area contributed by atoms with Crippen LogP contribution >= 0.6 is 23.2 Å². The van der Waals surface area contributed by atoms with E-state index >= 15 is 0 Å². The van der Waals surface area contributed by atoms with Crippen LogP contribution in [0.5, 0.6) is 5.75 Å². The van der Waals surface area contributed by atoms with Gasteiger partial charge in [0.1, 0.15) is 5.75 Å². The summed E-state index contributed by atoms with van der Waals surface area (Å²) in [5.74, 6) is -0.312. The van der Waals surface area contributed by atoms with Gasteiger partial charge in [0, 0.05) is 11.1 Å². The van der Waals surface area contributed by atoms with Crippen molar-refractivity contribution in [2.45, 2.75) is 0 Å². The molecule has 0 unspecified atom stereocenters. The Balaban J connectivity index is 2.10. The van der Waals surface area contributed by atoms with Gasteiger partial charge in [0.05, 0.1) is 5.56 Å². The zero-order valence-electron chi connectivity index (χ0n) is 10.5. The third kappa shape index (κ3) is 3.90. The van der Waals surface area contributed by atoms with E-state index in [0.29, 0.717) is 5.56 Å².